The zero-order valence-electron chi connectivity index (χ0n) is 17.5. The molecular formula is C24H24N6O2. The Kier molecular flexibility index (Phi) is 5.30. The van der Waals surface area contributed by atoms with E-state index in [0.29, 0.717) is 18.0 Å². The number of ether oxygens (including phenoxy) is 1. The van der Waals surface area contributed by atoms with Gasteiger partial charge in [0, 0.05) is 18.7 Å². The minimum atomic E-state index is -0.668. The number of para-hydroxylation sites is 1. The van der Waals surface area contributed by atoms with Crippen molar-refractivity contribution in [3.63, 3.8) is 0 Å². The van der Waals surface area contributed by atoms with E-state index >= 15 is 0 Å². The Labute approximate surface area is 185 Å². The zero-order valence-corrected chi connectivity index (χ0v) is 17.5. The van der Waals surface area contributed by atoms with Crippen molar-refractivity contribution in [2.75, 3.05) is 18.8 Å². The Bertz CT molecular complexity index is 1240. The van der Waals surface area contributed by atoms with E-state index in [4.69, 9.17) is 15.6 Å². The van der Waals surface area contributed by atoms with Gasteiger partial charge in [-0.3, -0.25) is 4.90 Å². The van der Waals surface area contributed by atoms with Gasteiger partial charge in [-0.2, -0.15) is 5.10 Å². The predicted octanol–water partition coefficient (Wildman–Crippen LogP) is 3.62. The molecule has 0 saturated carbocycles. The average Bonchev–Trinajstić information content (AvgIpc) is 3.46. The Morgan fingerprint density at radius 3 is 2.59 bits per heavy atom. The number of rotatable bonds is 6. The van der Waals surface area contributed by atoms with Crippen molar-refractivity contribution in [3.05, 3.63) is 73.6 Å². The molecule has 2 atom stereocenters. The highest BCUT2D eigenvalue weighted by molar-refractivity contribution is 5.98. The molecule has 8 nitrogen and oxygen atoms in total. The summed E-state index contributed by atoms with van der Waals surface area (Å²) in [6, 6.07) is 17.4. The summed E-state index contributed by atoms with van der Waals surface area (Å²) in [5.74, 6) is 1.90. The Morgan fingerprint density at radius 2 is 1.84 bits per heavy atom. The highest BCUT2D eigenvalue weighted by Gasteiger charge is 2.30. The number of aliphatic hydroxyl groups excluding tert-OH is 1. The largest absolute Gasteiger partial charge is 0.457 e. The fourth-order valence-electron chi connectivity index (χ4n) is 4.11. The molecule has 1 saturated heterocycles. The maximum Gasteiger partial charge on any atom is 0.164 e. The van der Waals surface area contributed by atoms with Crippen LogP contribution in [0.25, 0.3) is 22.3 Å². The van der Waals surface area contributed by atoms with Gasteiger partial charge in [-0.05, 0) is 48.9 Å². The monoisotopic (exact) mass is 428 g/mol. The van der Waals surface area contributed by atoms with Crippen LogP contribution in [0.2, 0.25) is 0 Å². The van der Waals surface area contributed by atoms with E-state index in [0.717, 1.165) is 41.1 Å². The Balaban J connectivity index is 1.49. The van der Waals surface area contributed by atoms with Crippen molar-refractivity contribution in [2.24, 2.45) is 0 Å². The van der Waals surface area contributed by atoms with Crippen LogP contribution < -0.4 is 10.5 Å². The van der Waals surface area contributed by atoms with Crippen LogP contribution in [0.4, 0.5) is 5.82 Å². The Hall–Kier alpha value is -3.75. The van der Waals surface area contributed by atoms with Gasteiger partial charge in [0.2, 0.25) is 0 Å². The van der Waals surface area contributed by atoms with E-state index in [1.54, 1.807) is 0 Å². The van der Waals surface area contributed by atoms with E-state index in [9.17, 15) is 5.11 Å². The van der Waals surface area contributed by atoms with Gasteiger partial charge in [0.1, 0.15) is 35.6 Å². The van der Waals surface area contributed by atoms with Crippen LogP contribution in [-0.4, -0.2) is 49.1 Å². The lowest BCUT2D eigenvalue weighted by molar-refractivity contribution is 0.0586. The van der Waals surface area contributed by atoms with Gasteiger partial charge in [0.25, 0.3) is 0 Å². The molecule has 0 radical (unpaired) electrons. The molecule has 32 heavy (non-hydrogen) atoms. The smallest absolute Gasteiger partial charge is 0.164 e. The second-order valence-electron chi connectivity index (χ2n) is 7.78. The number of nitrogens with two attached hydrogens (primary N) is 1. The molecule has 0 spiro atoms. The van der Waals surface area contributed by atoms with Gasteiger partial charge < -0.3 is 15.6 Å². The third-order valence-electron chi connectivity index (χ3n) is 5.75. The first-order valence-corrected chi connectivity index (χ1v) is 10.5. The first-order chi connectivity index (χ1) is 15.6. The third-order valence-corrected chi connectivity index (χ3v) is 5.75. The number of nitrogens with zero attached hydrogens (tertiary/aromatic N) is 5. The molecule has 2 aromatic carbocycles. The lowest BCUT2D eigenvalue weighted by Gasteiger charge is -2.19. The molecule has 1 fully saturated rings. The van der Waals surface area contributed by atoms with E-state index in [1.807, 2.05) is 64.2 Å². The van der Waals surface area contributed by atoms with E-state index in [-0.39, 0.29) is 6.04 Å². The molecule has 5 rings (SSSR count). The van der Waals surface area contributed by atoms with Crippen molar-refractivity contribution >= 4 is 16.9 Å². The minimum Gasteiger partial charge on any atom is -0.457 e. The molecule has 3 N–H and O–H groups in total. The van der Waals surface area contributed by atoms with Gasteiger partial charge in [-0.1, -0.05) is 24.8 Å². The van der Waals surface area contributed by atoms with Gasteiger partial charge in [-0.15, -0.1) is 0 Å². The second-order valence-corrected chi connectivity index (χ2v) is 7.78. The fourth-order valence-corrected chi connectivity index (χ4v) is 4.11. The SMILES string of the molecule is C=CC(O)N1CCC(n2nc(-c3ccc(Oc4ccccc4)cc3)c3c(N)ncnc32)C1. The first-order valence-electron chi connectivity index (χ1n) is 10.5. The fraction of sp³-hybridized carbons (Fsp3) is 0.208. The normalized spacial score (nSPS) is 17.5. The summed E-state index contributed by atoms with van der Waals surface area (Å²) < 4.78 is 7.81. The van der Waals surface area contributed by atoms with Gasteiger partial charge in [0.15, 0.2) is 5.65 Å². The quantitative estimate of drug-likeness (QED) is 0.452. The first kappa shape index (κ1) is 20.2. The molecule has 0 bridgehead atoms. The average molecular weight is 428 g/mol. The van der Waals surface area contributed by atoms with Crippen LogP contribution in [0.15, 0.2) is 73.6 Å². The van der Waals surface area contributed by atoms with E-state index in [2.05, 4.69) is 16.5 Å². The molecule has 1 aliphatic heterocycles. The van der Waals surface area contributed by atoms with Gasteiger partial charge in [0.05, 0.1) is 11.4 Å². The molecular weight excluding hydrogens is 404 g/mol. The van der Waals surface area contributed by atoms with Crippen molar-refractivity contribution < 1.29 is 9.84 Å². The maximum absolute atomic E-state index is 10.1. The van der Waals surface area contributed by atoms with Crippen molar-refractivity contribution in [2.45, 2.75) is 18.7 Å². The highest BCUT2D eigenvalue weighted by atomic mass is 16.5. The summed E-state index contributed by atoms with van der Waals surface area (Å²) >= 11 is 0. The number of likely N-dealkylation sites (tertiary alicyclic amines) is 1. The van der Waals surface area contributed by atoms with Crippen molar-refractivity contribution in [3.8, 4) is 22.8 Å². The summed E-state index contributed by atoms with van der Waals surface area (Å²) in [4.78, 5) is 10.6. The maximum atomic E-state index is 10.1. The Morgan fingerprint density at radius 1 is 1.09 bits per heavy atom. The van der Waals surface area contributed by atoms with Crippen LogP contribution >= 0.6 is 0 Å². The number of anilines is 1. The lowest BCUT2D eigenvalue weighted by atomic mass is 10.1. The van der Waals surface area contributed by atoms with Crippen LogP contribution in [0.3, 0.4) is 0 Å². The minimum absolute atomic E-state index is 0.0656. The topological polar surface area (TPSA) is 102 Å². The molecule has 0 aliphatic carbocycles. The number of benzene rings is 2. The summed E-state index contributed by atoms with van der Waals surface area (Å²) in [7, 11) is 0. The van der Waals surface area contributed by atoms with Crippen LogP contribution in [-0.2, 0) is 0 Å². The molecule has 4 aromatic rings. The summed E-state index contributed by atoms with van der Waals surface area (Å²) in [5.41, 5.74) is 8.56. The second kappa shape index (κ2) is 8.41. The molecule has 0 amide bonds. The molecule has 162 valence electrons. The third kappa shape index (κ3) is 3.70. The number of aliphatic hydroxyl groups is 1. The summed E-state index contributed by atoms with van der Waals surface area (Å²) in [5, 5.41) is 15.7. The van der Waals surface area contributed by atoms with E-state index < -0.39 is 6.23 Å². The van der Waals surface area contributed by atoms with Gasteiger partial charge in [-0.25, -0.2) is 14.6 Å². The molecule has 2 unspecified atom stereocenters. The molecule has 8 heteroatoms. The number of aromatic nitrogens is 4. The van der Waals surface area contributed by atoms with Crippen LogP contribution in [0.1, 0.15) is 12.5 Å². The van der Waals surface area contributed by atoms with Gasteiger partial charge >= 0.3 is 0 Å². The molecule has 3 heterocycles. The summed E-state index contributed by atoms with van der Waals surface area (Å²) in [6.45, 7) is 5.08. The van der Waals surface area contributed by atoms with Crippen molar-refractivity contribution in [1.82, 2.24) is 24.6 Å². The number of hydrogen-bond donors (Lipinski definition) is 2. The van der Waals surface area contributed by atoms with Crippen molar-refractivity contribution in [1.29, 1.82) is 0 Å². The molecule has 1 aliphatic rings. The number of hydrogen-bond acceptors (Lipinski definition) is 7. The predicted molar refractivity (Wildman–Crippen MR) is 123 cm³/mol. The van der Waals surface area contributed by atoms with E-state index in [1.165, 1.54) is 12.4 Å². The van der Waals surface area contributed by atoms with Crippen LogP contribution in [0.5, 0.6) is 11.5 Å². The lowest BCUT2D eigenvalue weighted by Crippen LogP contribution is -2.31. The summed E-state index contributed by atoms with van der Waals surface area (Å²) in [6.07, 6.45) is 3.17. The zero-order chi connectivity index (χ0) is 22.1. The number of nitrogen functional groups attached to an aromatic ring is 1. The number of fused-ring (bicyclic) bond motifs is 1. The van der Waals surface area contributed by atoms with Crippen LogP contribution in [0, 0.1) is 0 Å². The molecule has 2 aromatic heterocycles. The standard InChI is InChI=1S/C24H24N6O2/c1-2-20(31)29-13-12-17(14-29)30-24-21(23(25)26-15-27-24)22(28-30)16-8-10-19(11-9-16)32-18-6-4-3-5-7-18/h2-11,15,17,20,31H,1,12-14H2,(H2,25,26,27). The highest BCUT2D eigenvalue weighted by Crippen LogP contribution is 2.35.